The van der Waals surface area contributed by atoms with Crippen molar-refractivity contribution in [2.75, 3.05) is 17.7 Å². The van der Waals surface area contributed by atoms with Gasteiger partial charge in [-0.05, 0) is 49.8 Å². The van der Waals surface area contributed by atoms with E-state index < -0.39 is 0 Å². The third kappa shape index (κ3) is 3.06. The molecule has 20 heavy (non-hydrogen) atoms. The molecule has 0 amide bonds. The zero-order valence-corrected chi connectivity index (χ0v) is 12.5. The second kappa shape index (κ2) is 6.16. The first kappa shape index (κ1) is 14.7. The van der Waals surface area contributed by atoms with Crippen molar-refractivity contribution in [1.29, 1.82) is 0 Å². The van der Waals surface area contributed by atoms with Crippen molar-refractivity contribution >= 4 is 17.3 Å². The zero-order chi connectivity index (χ0) is 14.7. The minimum atomic E-state index is -0.325. The van der Waals surface area contributed by atoms with Crippen LogP contribution in [-0.2, 0) is 4.74 Å². The molecule has 0 spiro atoms. The molecule has 3 atom stereocenters. The summed E-state index contributed by atoms with van der Waals surface area (Å²) in [7, 11) is 0. The minimum absolute atomic E-state index is 0.325. The van der Waals surface area contributed by atoms with Crippen LogP contribution in [0.3, 0.4) is 0 Å². The van der Waals surface area contributed by atoms with Crippen molar-refractivity contribution in [1.82, 2.24) is 0 Å². The Hall–Kier alpha value is -1.71. The number of nitrogen functional groups attached to an aromatic ring is 1. The monoisotopic (exact) mass is 276 g/mol. The molecule has 0 aromatic heterocycles. The van der Waals surface area contributed by atoms with Crippen LogP contribution in [0.4, 0.5) is 11.4 Å². The van der Waals surface area contributed by atoms with E-state index in [1.54, 1.807) is 19.1 Å². The Bertz CT molecular complexity index is 487. The molecule has 1 aliphatic carbocycles. The standard InChI is InChI=1S/C16H24N2O2/c1-4-20-16(19)12-6-8-15(13(17)9-12)18-14-7-5-10(2)11(14)3/h6,8-11,14,18H,4-5,7,17H2,1-3H3. The summed E-state index contributed by atoms with van der Waals surface area (Å²) in [5, 5.41) is 3.51. The van der Waals surface area contributed by atoms with Gasteiger partial charge in [0.15, 0.2) is 0 Å². The van der Waals surface area contributed by atoms with Crippen molar-refractivity contribution in [3.05, 3.63) is 23.8 Å². The number of carbonyl (C=O) groups is 1. The molecule has 1 fully saturated rings. The number of rotatable bonds is 4. The smallest absolute Gasteiger partial charge is 0.338 e. The molecule has 3 unspecified atom stereocenters. The molecule has 0 radical (unpaired) electrons. The van der Waals surface area contributed by atoms with Crippen LogP contribution in [0.2, 0.25) is 0 Å². The first-order chi connectivity index (χ1) is 9.52. The molecule has 1 aromatic carbocycles. The Labute approximate surface area is 120 Å². The van der Waals surface area contributed by atoms with Crippen LogP contribution < -0.4 is 11.1 Å². The van der Waals surface area contributed by atoms with Gasteiger partial charge in [0.25, 0.3) is 0 Å². The maximum absolute atomic E-state index is 11.6. The summed E-state index contributed by atoms with van der Waals surface area (Å²) >= 11 is 0. The van der Waals surface area contributed by atoms with Gasteiger partial charge in [0.2, 0.25) is 0 Å². The zero-order valence-electron chi connectivity index (χ0n) is 12.5. The molecule has 1 saturated carbocycles. The Morgan fingerprint density at radius 1 is 1.40 bits per heavy atom. The highest BCUT2D eigenvalue weighted by atomic mass is 16.5. The van der Waals surface area contributed by atoms with E-state index >= 15 is 0 Å². The second-order valence-electron chi connectivity index (χ2n) is 5.69. The average Bonchev–Trinajstić information content (AvgIpc) is 2.73. The number of esters is 1. The van der Waals surface area contributed by atoms with Crippen LogP contribution in [0.25, 0.3) is 0 Å². The molecule has 1 aliphatic rings. The number of hydrogen-bond acceptors (Lipinski definition) is 4. The van der Waals surface area contributed by atoms with E-state index in [0.717, 1.165) is 11.6 Å². The first-order valence-electron chi connectivity index (χ1n) is 7.36. The summed E-state index contributed by atoms with van der Waals surface area (Å²) in [6, 6.07) is 5.78. The van der Waals surface area contributed by atoms with Crippen LogP contribution in [0.15, 0.2) is 18.2 Å². The molecule has 4 nitrogen and oxygen atoms in total. The molecule has 3 N–H and O–H groups in total. The maximum atomic E-state index is 11.6. The fourth-order valence-electron chi connectivity index (χ4n) is 2.80. The molecule has 2 rings (SSSR count). The van der Waals surface area contributed by atoms with Gasteiger partial charge in [-0.25, -0.2) is 4.79 Å². The van der Waals surface area contributed by atoms with Gasteiger partial charge in [0.1, 0.15) is 0 Å². The third-order valence-corrected chi connectivity index (χ3v) is 4.37. The highest BCUT2D eigenvalue weighted by Crippen LogP contribution is 2.34. The summed E-state index contributed by atoms with van der Waals surface area (Å²) in [5.41, 5.74) is 8.05. The molecule has 0 saturated heterocycles. The molecule has 0 bridgehead atoms. The topological polar surface area (TPSA) is 64.3 Å². The van der Waals surface area contributed by atoms with Crippen LogP contribution in [-0.4, -0.2) is 18.6 Å². The van der Waals surface area contributed by atoms with Gasteiger partial charge in [-0.15, -0.1) is 0 Å². The Kier molecular flexibility index (Phi) is 4.53. The van der Waals surface area contributed by atoms with E-state index in [2.05, 4.69) is 19.2 Å². The number of nitrogens with one attached hydrogen (secondary N) is 1. The van der Waals surface area contributed by atoms with Crippen LogP contribution in [0.1, 0.15) is 44.0 Å². The summed E-state index contributed by atoms with van der Waals surface area (Å²) in [5.74, 6) is 1.06. The first-order valence-corrected chi connectivity index (χ1v) is 7.36. The third-order valence-electron chi connectivity index (χ3n) is 4.37. The van der Waals surface area contributed by atoms with Crippen LogP contribution in [0.5, 0.6) is 0 Å². The van der Waals surface area contributed by atoms with Crippen molar-refractivity contribution in [3.8, 4) is 0 Å². The number of ether oxygens (including phenoxy) is 1. The Balaban J connectivity index is 2.08. The lowest BCUT2D eigenvalue weighted by Gasteiger charge is -2.22. The van der Waals surface area contributed by atoms with Gasteiger partial charge in [0.05, 0.1) is 23.5 Å². The fraction of sp³-hybridized carbons (Fsp3) is 0.562. The lowest BCUT2D eigenvalue weighted by Crippen LogP contribution is -2.24. The van der Waals surface area contributed by atoms with E-state index in [-0.39, 0.29) is 5.97 Å². The molecule has 1 aromatic rings. The predicted molar refractivity (Wildman–Crippen MR) is 81.8 cm³/mol. The normalized spacial score (nSPS) is 25.4. The summed E-state index contributed by atoms with van der Waals surface area (Å²) in [6.07, 6.45) is 2.42. The quantitative estimate of drug-likeness (QED) is 0.654. The summed E-state index contributed by atoms with van der Waals surface area (Å²) < 4.78 is 4.97. The van der Waals surface area contributed by atoms with Crippen LogP contribution >= 0.6 is 0 Å². The van der Waals surface area contributed by atoms with E-state index in [4.69, 9.17) is 10.5 Å². The molecular formula is C16H24N2O2. The highest BCUT2D eigenvalue weighted by Gasteiger charge is 2.29. The Morgan fingerprint density at radius 2 is 2.15 bits per heavy atom. The fourth-order valence-corrected chi connectivity index (χ4v) is 2.80. The van der Waals surface area contributed by atoms with Crippen molar-refractivity contribution < 1.29 is 9.53 Å². The minimum Gasteiger partial charge on any atom is -0.462 e. The number of nitrogens with two attached hydrogens (primary N) is 1. The molecule has 0 aliphatic heterocycles. The van der Waals surface area contributed by atoms with Crippen LogP contribution in [0, 0.1) is 11.8 Å². The van der Waals surface area contributed by atoms with Crippen molar-refractivity contribution in [2.24, 2.45) is 11.8 Å². The molecule has 110 valence electrons. The second-order valence-corrected chi connectivity index (χ2v) is 5.69. The Morgan fingerprint density at radius 3 is 2.70 bits per heavy atom. The van der Waals surface area contributed by atoms with Crippen molar-refractivity contribution in [2.45, 2.75) is 39.7 Å². The van der Waals surface area contributed by atoms with E-state index in [0.29, 0.717) is 29.8 Å². The lowest BCUT2D eigenvalue weighted by molar-refractivity contribution is 0.0526. The van der Waals surface area contributed by atoms with Gasteiger partial charge in [-0.2, -0.15) is 0 Å². The van der Waals surface area contributed by atoms with E-state index in [9.17, 15) is 4.79 Å². The lowest BCUT2D eigenvalue weighted by atomic mass is 9.97. The number of benzene rings is 1. The summed E-state index contributed by atoms with van der Waals surface area (Å²) in [6.45, 7) is 6.73. The number of hydrogen-bond donors (Lipinski definition) is 2. The van der Waals surface area contributed by atoms with Gasteiger partial charge < -0.3 is 15.8 Å². The van der Waals surface area contributed by atoms with E-state index in [1.165, 1.54) is 12.8 Å². The maximum Gasteiger partial charge on any atom is 0.338 e. The SMILES string of the molecule is CCOC(=O)c1ccc(NC2CCC(C)C2C)c(N)c1. The van der Waals surface area contributed by atoms with Gasteiger partial charge >= 0.3 is 5.97 Å². The number of carbonyl (C=O) groups excluding carboxylic acids is 1. The van der Waals surface area contributed by atoms with E-state index in [1.807, 2.05) is 6.07 Å². The average molecular weight is 276 g/mol. The number of anilines is 2. The van der Waals surface area contributed by atoms with Gasteiger partial charge in [0, 0.05) is 6.04 Å². The molecular weight excluding hydrogens is 252 g/mol. The highest BCUT2D eigenvalue weighted by molar-refractivity contribution is 5.92. The molecule has 4 heteroatoms. The van der Waals surface area contributed by atoms with Gasteiger partial charge in [-0.3, -0.25) is 0 Å². The predicted octanol–water partition coefficient (Wildman–Crippen LogP) is 3.29. The van der Waals surface area contributed by atoms with Gasteiger partial charge in [-0.1, -0.05) is 13.8 Å². The van der Waals surface area contributed by atoms with Crippen molar-refractivity contribution in [3.63, 3.8) is 0 Å². The largest absolute Gasteiger partial charge is 0.462 e. The molecule has 0 heterocycles. The summed E-state index contributed by atoms with van der Waals surface area (Å²) in [4.78, 5) is 11.6.